The van der Waals surface area contributed by atoms with E-state index in [9.17, 15) is 4.79 Å². The normalized spacial score (nSPS) is 19.5. The molecule has 132 valence electrons. The molecular formula is C18H27N3O3. The highest BCUT2D eigenvalue weighted by molar-refractivity contribution is 5.75. The molecule has 24 heavy (non-hydrogen) atoms. The third-order valence-corrected chi connectivity index (χ3v) is 4.70. The minimum Gasteiger partial charge on any atom is -0.483 e. The Balaban J connectivity index is 0.000000647. The van der Waals surface area contributed by atoms with Crippen molar-refractivity contribution >= 4 is 12.5 Å². The molecule has 0 saturated carbocycles. The molecule has 2 heterocycles. The largest absolute Gasteiger partial charge is 0.483 e. The van der Waals surface area contributed by atoms with Crippen LogP contribution >= 0.6 is 0 Å². The van der Waals surface area contributed by atoms with E-state index in [4.69, 9.17) is 9.90 Å². The maximum absolute atomic E-state index is 12.2. The summed E-state index contributed by atoms with van der Waals surface area (Å²) >= 11 is 0. The molecule has 2 aliphatic rings. The van der Waals surface area contributed by atoms with Crippen LogP contribution in [0.15, 0.2) is 30.3 Å². The Kier molecular flexibility index (Phi) is 7.06. The van der Waals surface area contributed by atoms with Gasteiger partial charge in [-0.1, -0.05) is 36.8 Å². The van der Waals surface area contributed by atoms with Crippen LogP contribution in [-0.2, 0) is 4.79 Å². The van der Waals surface area contributed by atoms with E-state index in [2.05, 4.69) is 22.3 Å². The minimum absolute atomic E-state index is 0.0627. The summed E-state index contributed by atoms with van der Waals surface area (Å²) in [6.07, 6.45) is 3.99. The summed E-state index contributed by atoms with van der Waals surface area (Å²) in [4.78, 5) is 25.1. The Hall–Kier alpha value is -2.08. The molecule has 0 bridgehead atoms. The van der Waals surface area contributed by atoms with Crippen LogP contribution in [-0.4, -0.2) is 59.6 Å². The summed E-state index contributed by atoms with van der Waals surface area (Å²) in [6, 6.07) is 10.8. The quantitative estimate of drug-likeness (QED) is 0.833. The van der Waals surface area contributed by atoms with Crippen molar-refractivity contribution < 1.29 is 14.7 Å². The number of nitrogens with zero attached hydrogens (tertiary/aromatic N) is 2. The first-order valence-electron chi connectivity index (χ1n) is 8.58. The number of hydrogen-bond acceptors (Lipinski definition) is 3. The molecule has 6 heteroatoms. The molecule has 1 aromatic carbocycles. The molecule has 2 amide bonds. The molecule has 2 aliphatic heterocycles. The van der Waals surface area contributed by atoms with Gasteiger partial charge in [-0.05, 0) is 38.4 Å². The van der Waals surface area contributed by atoms with Gasteiger partial charge >= 0.3 is 6.03 Å². The topological polar surface area (TPSA) is 72.9 Å². The van der Waals surface area contributed by atoms with E-state index < -0.39 is 0 Å². The zero-order chi connectivity index (χ0) is 17.4. The Morgan fingerprint density at radius 2 is 1.79 bits per heavy atom. The molecule has 3 rings (SSSR count). The first kappa shape index (κ1) is 18.3. The van der Waals surface area contributed by atoms with E-state index in [-0.39, 0.29) is 18.5 Å². The molecule has 0 aromatic heterocycles. The van der Waals surface area contributed by atoms with Crippen LogP contribution in [0.4, 0.5) is 4.79 Å². The van der Waals surface area contributed by atoms with Crippen LogP contribution in [0, 0.1) is 0 Å². The van der Waals surface area contributed by atoms with Crippen LogP contribution in [0.1, 0.15) is 37.8 Å². The first-order chi connectivity index (χ1) is 11.7. The molecule has 1 aromatic rings. The van der Waals surface area contributed by atoms with Gasteiger partial charge in [-0.2, -0.15) is 0 Å². The summed E-state index contributed by atoms with van der Waals surface area (Å²) in [5.41, 5.74) is 1.15. The van der Waals surface area contributed by atoms with E-state index in [1.165, 1.54) is 32.4 Å². The van der Waals surface area contributed by atoms with Gasteiger partial charge in [0.2, 0.25) is 0 Å². The average Bonchev–Trinajstić information content (AvgIpc) is 2.56. The molecule has 1 atom stereocenters. The van der Waals surface area contributed by atoms with Crippen LogP contribution in [0.2, 0.25) is 0 Å². The summed E-state index contributed by atoms with van der Waals surface area (Å²) in [5, 5.41) is 9.98. The van der Waals surface area contributed by atoms with Crippen molar-refractivity contribution in [2.45, 2.75) is 38.3 Å². The highest BCUT2D eigenvalue weighted by atomic mass is 16.3. The number of benzene rings is 1. The number of likely N-dealkylation sites (tertiary alicyclic amines) is 2. The summed E-state index contributed by atoms with van der Waals surface area (Å²) in [5.74, 6) is 0. The molecule has 6 nitrogen and oxygen atoms in total. The predicted molar refractivity (Wildman–Crippen MR) is 92.9 cm³/mol. The number of nitrogens with one attached hydrogen (secondary N) is 1. The van der Waals surface area contributed by atoms with E-state index in [1.807, 2.05) is 30.0 Å². The Morgan fingerprint density at radius 1 is 1.21 bits per heavy atom. The van der Waals surface area contributed by atoms with Gasteiger partial charge in [0, 0.05) is 19.1 Å². The van der Waals surface area contributed by atoms with Gasteiger partial charge in [0.1, 0.15) is 0 Å². The molecule has 2 saturated heterocycles. The number of urea groups is 1. The summed E-state index contributed by atoms with van der Waals surface area (Å²) < 4.78 is 0. The molecule has 0 unspecified atom stereocenters. The number of carbonyl (C=O) groups excluding carboxylic acids is 1. The molecule has 0 spiro atoms. The molecule has 2 N–H and O–H groups in total. The molecular weight excluding hydrogens is 306 g/mol. The third kappa shape index (κ3) is 4.96. The second kappa shape index (κ2) is 9.27. The fourth-order valence-electron chi connectivity index (χ4n) is 3.24. The van der Waals surface area contributed by atoms with Crippen LogP contribution in [0.25, 0.3) is 0 Å². The second-order valence-electron chi connectivity index (χ2n) is 6.34. The van der Waals surface area contributed by atoms with Gasteiger partial charge in [-0.15, -0.1) is 0 Å². The number of carbonyl (C=O) groups is 2. The second-order valence-corrected chi connectivity index (χ2v) is 6.34. The fraction of sp³-hybridized carbons (Fsp3) is 0.556. The summed E-state index contributed by atoms with van der Waals surface area (Å²) in [7, 11) is 0. The SMILES string of the molecule is C[C@H](NC(=O)N1CC(N2CCCCC2)C1)c1ccccc1.O=CO. The molecule has 0 aliphatic carbocycles. The van der Waals surface area contributed by atoms with Gasteiger partial charge in [0.25, 0.3) is 6.47 Å². The van der Waals surface area contributed by atoms with Crippen molar-refractivity contribution in [2.24, 2.45) is 0 Å². The Bertz CT molecular complexity index is 512. The maximum Gasteiger partial charge on any atom is 0.317 e. The van der Waals surface area contributed by atoms with Crippen LogP contribution in [0.5, 0.6) is 0 Å². The fourth-order valence-corrected chi connectivity index (χ4v) is 3.24. The average molecular weight is 333 g/mol. The monoisotopic (exact) mass is 333 g/mol. The van der Waals surface area contributed by atoms with Gasteiger partial charge in [0.15, 0.2) is 0 Å². The molecule has 0 radical (unpaired) electrons. The van der Waals surface area contributed by atoms with Gasteiger partial charge in [0.05, 0.1) is 6.04 Å². The van der Waals surface area contributed by atoms with E-state index in [0.717, 1.165) is 18.7 Å². The Labute approximate surface area is 143 Å². The van der Waals surface area contributed by atoms with Crippen molar-refractivity contribution in [2.75, 3.05) is 26.2 Å². The lowest BCUT2D eigenvalue weighted by atomic mass is 10.0. The van der Waals surface area contributed by atoms with E-state index in [0.29, 0.717) is 6.04 Å². The zero-order valence-corrected chi connectivity index (χ0v) is 14.2. The van der Waals surface area contributed by atoms with Crippen molar-refractivity contribution in [3.05, 3.63) is 35.9 Å². The minimum atomic E-state index is -0.250. The number of piperidine rings is 1. The van der Waals surface area contributed by atoms with Crippen molar-refractivity contribution in [1.29, 1.82) is 0 Å². The third-order valence-electron chi connectivity index (χ3n) is 4.70. The van der Waals surface area contributed by atoms with Gasteiger partial charge < -0.3 is 15.3 Å². The van der Waals surface area contributed by atoms with E-state index in [1.54, 1.807) is 0 Å². The highest BCUT2D eigenvalue weighted by Crippen LogP contribution is 2.20. The Morgan fingerprint density at radius 3 is 2.38 bits per heavy atom. The lowest BCUT2D eigenvalue weighted by Crippen LogP contribution is -2.63. The predicted octanol–water partition coefficient (Wildman–Crippen LogP) is 2.33. The number of hydrogen-bond donors (Lipinski definition) is 2. The van der Waals surface area contributed by atoms with Gasteiger partial charge in [-0.3, -0.25) is 9.69 Å². The van der Waals surface area contributed by atoms with Gasteiger partial charge in [-0.25, -0.2) is 4.79 Å². The first-order valence-corrected chi connectivity index (χ1v) is 8.58. The highest BCUT2D eigenvalue weighted by Gasteiger charge is 2.35. The van der Waals surface area contributed by atoms with Crippen molar-refractivity contribution in [3.63, 3.8) is 0 Å². The van der Waals surface area contributed by atoms with Crippen molar-refractivity contribution in [3.8, 4) is 0 Å². The lowest BCUT2D eigenvalue weighted by Gasteiger charge is -2.46. The maximum atomic E-state index is 12.2. The zero-order valence-electron chi connectivity index (χ0n) is 14.2. The van der Waals surface area contributed by atoms with E-state index >= 15 is 0 Å². The number of carboxylic acid groups (broad SMARTS) is 1. The molecule has 2 fully saturated rings. The standard InChI is InChI=1S/C17H25N3O.CH2O2/c1-14(15-8-4-2-5-9-15)18-17(21)20-12-16(13-20)19-10-6-3-7-11-19;2-1-3/h2,4-5,8-9,14,16H,3,6-7,10-13H2,1H3,(H,18,21);1H,(H,2,3)/t14-;/m0./s1. The van der Waals surface area contributed by atoms with Crippen LogP contribution in [0.3, 0.4) is 0 Å². The van der Waals surface area contributed by atoms with Crippen molar-refractivity contribution in [1.82, 2.24) is 15.1 Å². The smallest absolute Gasteiger partial charge is 0.317 e. The summed E-state index contributed by atoms with van der Waals surface area (Å²) in [6.45, 7) is 5.97. The number of rotatable bonds is 3. The van der Waals surface area contributed by atoms with Crippen LogP contribution < -0.4 is 5.32 Å². The number of amides is 2. The lowest BCUT2D eigenvalue weighted by molar-refractivity contribution is -0.122.